The first kappa shape index (κ1) is 8.54. The molecular formula is C11H13FN. The van der Waals surface area contributed by atoms with Crippen LogP contribution < -0.4 is 4.90 Å². The fraction of sp³-hybridized carbons (Fsp3) is 0.364. The van der Waals surface area contributed by atoms with Gasteiger partial charge in [0.05, 0.1) is 5.69 Å². The lowest BCUT2D eigenvalue weighted by atomic mass is 10.1. The van der Waals surface area contributed by atoms with Crippen LogP contribution in [0, 0.1) is 12.2 Å². The van der Waals surface area contributed by atoms with Crippen molar-refractivity contribution in [3.8, 4) is 0 Å². The van der Waals surface area contributed by atoms with Crippen molar-refractivity contribution in [2.75, 3.05) is 18.0 Å². The maximum Gasteiger partial charge on any atom is 0.146 e. The van der Waals surface area contributed by atoms with Gasteiger partial charge in [-0.25, -0.2) is 4.39 Å². The summed E-state index contributed by atoms with van der Waals surface area (Å²) in [6.07, 6.45) is 4.50. The van der Waals surface area contributed by atoms with Crippen molar-refractivity contribution < 1.29 is 4.39 Å². The smallest absolute Gasteiger partial charge is 0.146 e. The minimum Gasteiger partial charge on any atom is -0.369 e. The first-order valence-electron chi connectivity index (χ1n) is 4.69. The van der Waals surface area contributed by atoms with E-state index in [0.717, 1.165) is 31.6 Å². The average molecular weight is 178 g/mol. The summed E-state index contributed by atoms with van der Waals surface area (Å²) >= 11 is 0. The number of para-hydroxylation sites is 1. The normalized spacial score (nSPS) is 17.5. The van der Waals surface area contributed by atoms with E-state index in [0.29, 0.717) is 0 Å². The fourth-order valence-electron chi connectivity index (χ4n) is 1.69. The monoisotopic (exact) mass is 178 g/mol. The van der Waals surface area contributed by atoms with Crippen molar-refractivity contribution in [2.45, 2.75) is 12.8 Å². The van der Waals surface area contributed by atoms with E-state index in [9.17, 15) is 4.39 Å². The Morgan fingerprint density at radius 3 is 2.77 bits per heavy atom. The summed E-state index contributed by atoms with van der Waals surface area (Å²) in [5.74, 6) is -0.113. The van der Waals surface area contributed by atoms with E-state index in [-0.39, 0.29) is 5.82 Å². The molecule has 69 valence electrons. The molecule has 1 aliphatic heterocycles. The molecule has 0 bridgehead atoms. The van der Waals surface area contributed by atoms with Crippen LogP contribution in [0.1, 0.15) is 12.8 Å². The lowest BCUT2D eigenvalue weighted by Crippen LogP contribution is -2.30. The highest BCUT2D eigenvalue weighted by molar-refractivity contribution is 5.48. The van der Waals surface area contributed by atoms with Gasteiger partial charge in [-0.3, -0.25) is 0 Å². The van der Waals surface area contributed by atoms with Crippen molar-refractivity contribution in [1.82, 2.24) is 0 Å². The molecule has 0 N–H and O–H groups in total. The topological polar surface area (TPSA) is 3.24 Å². The summed E-state index contributed by atoms with van der Waals surface area (Å²) in [6.45, 7) is 1.85. The largest absolute Gasteiger partial charge is 0.369 e. The molecule has 0 atom stereocenters. The predicted molar refractivity (Wildman–Crippen MR) is 52.1 cm³/mol. The highest BCUT2D eigenvalue weighted by Crippen LogP contribution is 2.21. The number of anilines is 1. The number of hydrogen-bond donors (Lipinski definition) is 0. The molecular weight excluding hydrogens is 165 g/mol. The molecule has 1 heterocycles. The second-order valence-corrected chi connectivity index (χ2v) is 3.33. The van der Waals surface area contributed by atoms with Gasteiger partial charge in [0.1, 0.15) is 5.82 Å². The highest BCUT2D eigenvalue weighted by atomic mass is 19.1. The summed E-state index contributed by atoms with van der Waals surface area (Å²) < 4.78 is 13.3. The van der Waals surface area contributed by atoms with Gasteiger partial charge in [0.25, 0.3) is 0 Å². The van der Waals surface area contributed by atoms with Gasteiger partial charge in [-0.05, 0) is 31.4 Å². The molecule has 1 nitrogen and oxygen atoms in total. The molecule has 2 heteroatoms. The molecule has 1 radical (unpaired) electrons. The Labute approximate surface area is 78.2 Å². The summed E-state index contributed by atoms with van der Waals surface area (Å²) in [5, 5.41) is 0. The van der Waals surface area contributed by atoms with Crippen LogP contribution in [-0.2, 0) is 0 Å². The van der Waals surface area contributed by atoms with Crippen molar-refractivity contribution >= 4 is 5.69 Å². The molecule has 0 saturated carbocycles. The fourth-order valence-corrected chi connectivity index (χ4v) is 1.69. The number of benzene rings is 1. The minimum absolute atomic E-state index is 0.113. The molecule has 0 spiro atoms. The Morgan fingerprint density at radius 1 is 1.23 bits per heavy atom. The molecule has 1 fully saturated rings. The van der Waals surface area contributed by atoms with E-state index in [1.54, 1.807) is 6.07 Å². The maximum absolute atomic E-state index is 13.3. The number of halogens is 1. The van der Waals surface area contributed by atoms with Crippen LogP contribution in [-0.4, -0.2) is 13.1 Å². The number of piperidine rings is 1. The van der Waals surface area contributed by atoms with Crippen LogP contribution in [0.3, 0.4) is 0 Å². The number of rotatable bonds is 1. The Morgan fingerprint density at radius 2 is 2.08 bits per heavy atom. The van der Waals surface area contributed by atoms with E-state index < -0.39 is 0 Å². The Hall–Kier alpha value is -1.05. The van der Waals surface area contributed by atoms with Crippen LogP contribution in [0.15, 0.2) is 24.3 Å². The zero-order valence-electron chi connectivity index (χ0n) is 7.54. The molecule has 0 unspecified atom stereocenters. The lowest BCUT2D eigenvalue weighted by Gasteiger charge is -2.28. The Bertz CT molecular complexity index is 279. The Kier molecular flexibility index (Phi) is 2.48. The highest BCUT2D eigenvalue weighted by Gasteiger charge is 2.13. The summed E-state index contributed by atoms with van der Waals surface area (Å²) in [7, 11) is 0. The summed E-state index contributed by atoms with van der Waals surface area (Å²) in [4.78, 5) is 2.08. The SMILES string of the molecule is Fc1ccccc1N1C[CH]CCC1. The number of nitrogens with zero attached hydrogens (tertiary/aromatic N) is 1. The zero-order valence-corrected chi connectivity index (χ0v) is 7.54. The van der Waals surface area contributed by atoms with Crippen molar-refractivity contribution in [3.05, 3.63) is 36.5 Å². The van der Waals surface area contributed by atoms with Crippen LogP contribution in [0.2, 0.25) is 0 Å². The Balaban J connectivity index is 2.18. The predicted octanol–water partition coefficient (Wildman–Crippen LogP) is 2.63. The van der Waals surface area contributed by atoms with E-state index in [1.165, 1.54) is 6.07 Å². The van der Waals surface area contributed by atoms with Gasteiger partial charge in [0.2, 0.25) is 0 Å². The molecule has 1 aromatic carbocycles. The quantitative estimate of drug-likeness (QED) is 0.639. The molecule has 2 rings (SSSR count). The van der Waals surface area contributed by atoms with Crippen molar-refractivity contribution in [1.29, 1.82) is 0 Å². The number of hydrogen-bond acceptors (Lipinski definition) is 1. The van der Waals surface area contributed by atoms with E-state index in [4.69, 9.17) is 0 Å². The van der Waals surface area contributed by atoms with Crippen LogP contribution in [0.5, 0.6) is 0 Å². The van der Waals surface area contributed by atoms with Gasteiger partial charge in [0.15, 0.2) is 0 Å². The lowest BCUT2D eigenvalue weighted by molar-refractivity contribution is 0.603. The minimum atomic E-state index is -0.113. The summed E-state index contributed by atoms with van der Waals surface area (Å²) in [6, 6.07) is 6.97. The molecule has 0 amide bonds. The second-order valence-electron chi connectivity index (χ2n) is 3.33. The molecule has 0 aliphatic carbocycles. The first-order valence-corrected chi connectivity index (χ1v) is 4.69. The first-order chi connectivity index (χ1) is 6.38. The van der Waals surface area contributed by atoms with Crippen LogP contribution >= 0.6 is 0 Å². The zero-order chi connectivity index (χ0) is 9.10. The summed E-state index contributed by atoms with van der Waals surface area (Å²) in [5.41, 5.74) is 0.735. The third-order valence-electron chi connectivity index (χ3n) is 2.38. The third-order valence-corrected chi connectivity index (χ3v) is 2.38. The average Bonchev–Trinajstić information content (AvgIpc) is 2.20. The molecule has 1 aliphatic rings. The molecule has 0 aromatic heterocycles. The van der Waals surface area contributed by atoms with Crippen LogP contribution in [0.25, 0.3) is 0 Å². The molecule has 13 heavy (non-hydrogen) atoms. The van der Waals surface area contributed by atoms with Gasteiger partial charge >= 0.3 is 0 Å². The van der Waals surface area contributed by atoms with Gasteiger partial charge in [-0.15, -0.1) is 0 Å². The van der Waals surface area contributed by atoms with E-state index in [1.807, 2.05) is 12.1 Å². The van der Waals surface area contributed by atoms with Crippen molar-refractivity contribution in [2.24, 2.45) is 0 Å². The van der Waals surface area contributed by atoms with Gasteiger partial charge in [-0.1, -0.05) is 12.1 Å². The van der Waals surface area contributed by atoms with Crippen molar-refractivity contribution in [3.63, 3.8) is 0 Å². The van der Waals surface area contributed by atoms with Gasteiger partial charge in [0, 0.05) is 13.1 Å². The molecule has 1 saturated heterocycles. The molecule has 1 aromatic rings. The standard InChI is InChI=1S/C11H13FN/c12-10-6-2-3-7-11(10)13-8-4-1-5-9-13/h2-4,6-7H,1,5,8-9H2. The third kappa shape index (κ3) is 1.82. The van der Waals surface area contributed by atoms with Gasteiger partial charge < -0.3 is 4.90 Å². The van der Waals surface area contributed by atoms with E-state index >= 15 is 0 Å². The van der Waals surface area contributed by atoms with Crippen LogP contribution in [0.4, 0.5) is 10.1 Å². The maximum atomic E-state index is 13.3. The van der Waals surface area contributed by atoms with Gasteiger partial charge in [-0.2, -0.15) is 0 Å². The second kappa shape index (κ2) is 3.77. The van der Waals surface area contributed by atoms with E-state index in [2.05, 4.69) is 11.3 Å².